The molecule has 0 radical (unpaired) electrons. The lowest BCUT2D eigenvalue weighted by molar-refractivity contribution is 0.336. The zero-order valence-corrected chi connectivity index (χ0v) is 11.2. The zero-order valence-electron chi connectivity index (χ0n) is 9.60. The molecule has 1 aliphatic carbocycles. The van der Waals surface area contributed by atoms with E-state index >= 15 is 0 Å². The van der Waals surface area contributed by atoms with Crippen LogP contribution in [-0.4, -0.2) is 4.83 Å². The maximum atomic E-state index is 3.72. The Morgan fingerprint density at radius 2 is 1.53 bits per heavy atom. The van der Waals surface area contributed by atoms with Crippen molar-refractivity contribution in [2.24, 2.45) is 5.92 Å². The van der Waals surface area contributed by atoms with Crippen LogP contribution in [-0.2, 0) is 0 Å². The summed E-state index contributed by atoms with van der Waals surface area (Å²) in [6.45, 7) is 2.29. The molecule has 1 fully saturated rings. The minimum Gasteiger partial charge on any atom is -0.0891 e. The molecule has 1 rings (SSSR count). The average molecular weight is 277 g/mol. The van der Waals surface area contributed by atoms with Gasteiger partial charge in [-0.2, -0.15) is 0 Å². The number of hydrogen-bond acceptors (Lipinski definition) is 0. The number of alkyl halides is 1. The summed E-state index contributed by atoms with van der Waals surface area (Å²) >= 11 is 3.72. The quantitative estimate of drug-likeness (QED) is 0.416. The van der Waals surface area contributed by atoms with Crippen molar-refractivity contribution >= 4 is 15.9 Å². The molecule has 0 amide bonds. The van der Waals surface area contributed by atoms with Crippen molar-refractivity contribution in [1.29, 1.82) is 0 Å². The molecule has 0 unspecified atom stereocenters. The van der Waals surface area contributed by atoms with E-state index in [4.69, 9.17) is 0 Å². The first-order chi connectivity index (χ1) is 6.83. The summed E-state index contributed by atoms with van der Waals surface area (Å²) in [4.78, 5) is 0.832. The van der Waals surface area contributed by atoms with Crippen LogP contribution < -0.4 is 0 Å². The normalized spacial score (nSPS) is 26.0. The highest BCUT2D eigenvalue weighted by atomic mass is 79.9. The predicted octanol–water partition coefficient (Wildman–Crippen LogP) is 5.94. The van der Waals surface area contributed by atoms with Crippen LogP contribution in [0.3, 0.4) is 0 Å². The molecule has 0 heterocycles. The molecule has 0 saturated heterocycles. The summed E-state index contributed by atoms with van der Waals surface area (Å²) in [5.41, 5.74) is 0. The Labute approximate surface area is 105 Å². The Bertz CT molecular complexity index is 125. The van der Waals surface area contributed by atoms with Gasteiger partial charge in [0.15, 0.2) is 0 Å². The Hall–Kier alpha value is 0.480. The van der Waals surface area contributed by atoms with Gasteiger partial charge in [-0.1, -0.05) is 68.8 Å². The Balaban J connectivity index is 0.00000196. The van der Waals surface area contributed by atoms with Gasteiger partial charge in [0.2, 0.25) is 0 Å². The first kappa shape index (κ1) is 15.5. The highest BCUT2D eigenvalue weighted by Crippen LogP contribution is 2.31. The van der Waals surface area contributed by atoms with Crippen LogP contribution in [0.1, 0.15) is 78.6 Å². The first-order valence-corrected chi connectivity index (χ1v) is 7.38. The lowest BCUT2D eigenvalue weighted by Crippen LogP contribution is -2.13. The molecule has 0 aromatic carbocycles. The van der Waals surface area contributed by atoms with Crippen LogP contribution in [0.15, 0.2) is 0 Å². The van der Waals surface area contributed by atoms with Crippen LogP contribution in [0.4, 0.5) is 0 Å². The van der Waals surface area contributed by atoms with Gasteiger partial charge in [-0.3, -0.25) is 0 Å². The zero-order chi connectivity index (χ0) is 10.2. The van der Waals surface area contributed by atoms with Gasteiger partial charge in [0.1, 0.15) is 0 Å². The minimum atomic E-state index is 0. The average Bonchev–Trinajstić information content (AvgIpc) is 2.21. The van der Waals surface area contributed by atoms with Crippen molar-refractivity contribution in [3.8, 4) is 0 Å². The van der Waals surface area contributed by atoms with Gasteiger partial charge in [-0.05, 0) is 31.6 Å². The fourth-order valence-corrected chi connectivity index (χ4v) is 2.98. The standard InChI is InChI=1S/C13H25Br.CH4/c1-2-3-4-5-6-7-12-8-10-13(14)11-9-12;/h12-13H,2-11H2,1H3;1H4. The van der Waals surface area contributed by atoms with Gasteiger partial charge in [0.05, 0.1) is 0 Å². The Morgan fingerprint density at radius 1 is 0.933 bits per heavy atom. The fraction of sp³-hybridized carbons (Fsp3) is 1.00. The number of halogens is 1. The summed E-state index contributed by atoms with van der Waals surface area (Å²) < 4.78 is 0. The van der Waals surface area contributed by atoms with E-state index in [9.17, 15) is 0 Å². The number of hydrogen-bond donors (Lipinski definition) is 0. The molecular formula is C14H29Br. The van der Waals surface area contributed by atoms with E-state index in [1.807, 2.05) is 0 Å². The van der Waals surface area contributed by atoms with Crippen molar-refractivity contribution in [3.63, 3.8) is 0 Å². The largest absolute Gasteiger partial charge is 0.0891 e. The van der Waals surface area contributed by atoms with Gasteiger partial charge in [-0.15, -0.1) is 0 Å². The number of rotatable bonds is 6. The summed E-state index contributed by atoms with van der Waals surface area (Å²) in [5, 5.41) is 0. The summed E-state index contributed by atoms with van der Waals surface area (Å²) in [6, 6.07) is 0. The second-order valence-electron chi connectivity index (χ2n) is 4.82. The lowest BCUT2D eigenvalue weighted by Gasteiger charge is -2.25. The van der Waals surface area contributed by atoms with Gasteiger partial charge >= 0.3 is 0 Å². The third-order valence-corrected chi connectivity index (χ3v) is 4.41. The third-order valence-electron chi connectivity index (χ3n) is 3.49. The molecule has 0 bridgehead atoms. The van der Waals surface area contributed by atoms with Crippen molar-refractivity contribution in [1.82, 2.24) is 0 Å². The van der Waals surface area contributed by atoms with Crippen LogP contribution in [0.25, 0.3) is 0 Å². The Kier molecular flexibility index (Phi) is 10.00. The van der Waals surface area contributed by atoms with Crippen molar-refractivity contribution in [2.75, 3.05) is 0 Å². The maximum Gasteiger partial charge on any atom is 0.0146 e. The van der Waals surface area contributed by atoms with Crippen LogP contribution in [0, 0.1) is 5.92 Å². The van der Waals surface area contributed by atoms with Crippen molar-refractivity contribution in [3.05, 3.63) is 0 Å². The van der Waals surface area contributed by atoms with E-state index in [1.54, 1.807) is 0 Å². The van der Waals surface area contributed by atoms with E-state index in [1.165, 1.54) is 64.2 Å². The highest BCUT2D eigenvalue weighted by Gasteiger charge is 2.18. The smallest absolute Gasteiger partial charge is 0.0146 e. The molecule has 1 heteroatoms. The second kappa shape index (κ2) is 9.69. The summed E-state index contributed by atoms with van der Waals surface area (Å²) in [7, 11) is 0. The fourth-order valence-electron chi connectivity index (χ4n) is 2.45. The van der Waals surface area contributed by atoms with E-state index in [0.717, 1.165) is 10.7 Å². The lowest BCUT2D eigenvalue weighted by atomic mass is 9.85. The molecule has 0 atom stereocenters. The molecule has 1 aliphatic rings. The molecule has 0 spiro atoms. The molecule has 0 N–H and O–H groups in total. The van der Waals surface area contributed by atoms with E-state index < -0.39 is 0 Å². The van der Waals surface area contributed by atoms with Crippen LogP contribution in [0.5, 0.6) is 0 Å². The molecule has 1 saturated carbocycles. The molecule has 0 aliphatic heterocycles. The monoisotopic (exact) mass is 276 g/mol. The summed E-state index contributed by atoms with van der Waals surface area (Å²) in [6.07, 6.45) is 14.5. The number of unbranched alkanes of at least 4 members (excludes halogenated alkanes) is 4. The van der Waals surface area contributed by atoms with Gasteiger partial charge < -0.3 is 0 Å². The SMILES string of the molecule is C.CCCCCCCC1CCC(Br)CC1. The molecule has 0 nitrogen and oxygen atoms in total. The van der Waals surface area contributed by atoms with E-state index in [0.29, 0.717) is 0 Å². The third kappa shape index (κ3) is 7.38. The molecular weight excluding hydrogens is 248 g/mol. The molecule has 0 aromatic heterocycles. The maximum absolute atomic E-state index is 3.72. The second-order valence-corrected chi connectivity index (χ2v) is 6.12. The first-order valence-electron chi connectivity index (χ1n) is 6.47. The van der Waals surface area contributed by atoms with Crippen molar-refractivity contribution in [2.45, 2.75) is 83.4 Å². The van der Waals surface area contributed by atoms with Crippen molar-refractivity contribution < 1.29 is 0 Å². The Morgan fingerprint density at radius 3 is 2.13 bits per heavy atom. The highest BCUT2D eigenvalue weighted by molar-refractivity contribution is 9.09. The minimum absolute atomic E-state index is 0. The predicted molar refractivity (Wildman–Crippen MR) is 74.8 cm³/mol. The van der Waals surface area contributed by atoms with Crippen LogP contribution in [0.2, 0.25) is 0 Å². The van der Waals surface area contributed by atoms with Gasteiger partial charge in [0, 0.05) is 4.83 Å². The topological polar surface area (TPSA) is 0 Å². The molecule has 15 heavy (non-hydrogen) atoms. The molecule has 0 aromatic rings. The van der Waals surface area contributed by atoms with Crippen LogP contribution >= 0.6 is 15.9 Å². The summed E-state index contributed by atoms with van der Waals surface area (Å²) in [5.74, 6) is 1.06. The van der Waals surface area contributed by atoms with Gasteiger partial charge in [-0.25, -0.2) is 0 Å². The van der Waals surface area contributed by atoms with E-state index in [-0.39, 0.29) is 7.43 Å². The van der Waals surface area contributed by atoms with Gasteiger partial charge in [0.25, 0.3) is 0 Å². The van der Waals surface area contributed by atoms with E-state index in [2.05, 4.69) is 22.9 Å². The molecule has 92 valence electrons.